The van der Waals surface area contributed by atoms with Crippen LogP contribution in [-0.4, -0.2) is 368 Å². The van der Waals surface area contributed by atoms with Gasteiger partial charge in [0.1, 0.15) is 171 Å². The van der Waals surface area contributed by atoms with Crippen LogP contribution in [0, 0.1) is 0 Å². The molecular formula is C42H70O35. The molecule has 0 amide bonds. The molecule has 21 heterocycles. The summed E-state index contributed by atoms with van der Waals surface area (Å²) in [5, 5.41) is 230. The summed E-state index contributed by atoms with van der Waals surface area (Å²) in [6, 6.07) is 0. The molecule has 35 nitrogen and oxygen atoms in total. The van der Waals surface area contributed by atoms with Crippen molar-refractivity contribution in [2.45, 2.75) is 215 Å². The van der Waals surface area contributed by atoms with Crippen LogP contribution in [0.2, 0.25) is 0 Å². The van der Waals surface area contributed by atoms with E-state index in [0.717, 1.165) is 0 Å². The predicted octanol–water partition coefficient (Wildman–Crippen LogP) is -15.2. The lowest BCUT2D eigenvalue weighted by atomic mass is 9.95. The summed E-state index contributed by atoms with van der Waals surface area (Å²) in [4.78, 5) is 0. The van der Waals surface area contributed by atoms with Gasteiger partial charge in [-0.1, -0.05) is 0 Å². The van der Waals surface area contributed by atoms with Crippen LogP contribution in [0.1, 0.15) is 0 Å². The number of aliphatic hydroxyl groups excluding tert-OH is 21. The summed E-state index contributed by atoms with van der Waals surface area (Å²) in [6.07, 6.45) is -70.2. The van der Waals surface area contributed by atoms with Crippen molar-refractivity contribution in [1.82, 2.24) is 0 Å². The van der Waals surface area contributed by atoms with Crippen molar-refractivity contribution >= 4 is 0 Å². The van der Waals surface area contributed by atoms with Gasteiger partial charge < -0.3 is 174 Å². The summed E-state index contributed by atoms with van der Waals surface area (Å²) in [5.41, 5.74) is 0. The van der Waals surface area contributed by atoms with Gasteiger partial charge in [0.05, 0.1) is 46.2 Å². The molecule has 0 aromatic rings. The molecule has 14 bridgehead atoms. The molecule has 21 aliphatic heterocycles. The van der Waals surface area contributed by atoms with Crippen molar-refractivity contribution in [3.8, 4) is 0 Å². The Balaban J connectivity index is 1.08. The second-order valence-corrected chi connectivity index (χ2v) is 19.7. The molecule has 21 rings (SSSR count). The molecule has 21 saturated heterocycles. The summed E-state index contributed by atoms with van der Waals surface area (Å²) in [5.74, 6) is 0. The Morgan fingerprint density at radius 1 is 0.156 bits per heavy atom. The average molecular weight is 1130 g/mol. The molecule has 35 heteroatoms. The van der Waals surface area contributed by atoms with Gasteiger partial charge in [-0.3, -0.25) is 0 Å². The predicted molar refractivity (Wildman–Crippen MR) is 228 cm³/mol. The van der Waals surface area contributed by atoms with E-state index in [9.17, 15) is 107 Å². The maximum Gasteiger partial charge on any atom is 0.187 e. The molecular weight excluding hydrogens is 1060 g/mol. The molecule has 35 atom stereocenters. The number of ether oxygens (including phenoxy) is 14. The van der Waals surface area contributed by atoms with Gasteiger partial charge in [0.25, 0.3) is 0 Å². The first kappa shape index (κ1) is 61.7. The van der Waals surface area contributed by atoms with Crippen LogP contribution in [0.4, 0.5) is 0 Å². The summed E-state index contributed by atoms with van der Waals surface area (Å²) in [6.45, 7) is -7.33. The molecule has 0 unspecified atom stereocenters. The number of hydrogen-bond acceptors (Lipinski definition) is 35. The SMILES string of the molecule is OC[C@H]1O[C@@H]2O[C@H]3[C@H](O)[C@@H](O)[C@@H](O[C@H]4[C@H](O)[C@@H](O)[C@@H](O[C@H]5[C@H](O)[C@@H](O)[C@@H](O[C@H]6[C@@H](O)[C@H](O)[C@@H](O[C@H]7[C@@H](O)[C@H](O)[C@@H](O[C@H]8[C@@H](O)[C@H](O)[C@@H](O[C@H]1[C@H](O)[C@H]2O)O[C@@H]8CO)O[C@@H]7CO)O[C@@H]6CO)O[C@@H]5CO)O[C@@H]4CO)O[C@@H]3CO. The number of hydrogen-bond donors (Lipinski definition) is 21. The Morgan fingerprint density at radius 3 is 0.351 bits per heavy atom. The van der Waals surface area contributed by atoms with Gasteiger partial charge in [-0.05, 0) is 0 Å². The second kappa shape index (κ2) is 26.0. The Kier molecular flexibility index (Phi) is 20.8. The zero-order chi connectivity index (χ0) is 56.1. The van der Waals surface area contributed by atoms with Gasteiger partial charge in [-0.25, -0.2) is 0 Å². The van der Waals surface area contributed by atoms with Crippen LogP contribution in [0.25, 0.3) is 0 Å². The fraction of sp³-hybridized carbons (Fsp3) is 1.00. The fourth-order valence-electron chi connectivity index (χ4n) is 10.4. The van der Waals surface area contributed by atoms with Gasteiger partial charge in [0, 0.05) is 0 Å². The van der Waals surface area contributed by atoms with Gasteiger partial charge in [-0.15, -0.1) is 0 Å². The van der Waals surface area contributed by atoms with Crippen molar-refractivity contribution in [3.63, 3.8) is 0 Å². The highest BCUT2D eigenvalue weighted by Gasteiger charge is 2.59. The largest absolute Gasteiger partial charge is 0.394 e. The molecule has 0 aromatic carbocycles. The van der Waals surface area contributed by atoms with Crippen molar-refractivity contribution in [1.29, 1.82) is 0 Å². The molecule has 0 aromatic heterocycles. The Labute approximate surface area is 434 Å². The molecule has 21 N–H and O–H groups in total. The first-order chi connectivity index (χ1) is 36.7. The van der Waals surface area contributed by atoms with E-state index < -0.39 is 261 Å². The summed E-state index contributed by atoms with van der Waals surface area (Å²) < 4.78 is 79.5. The highest BCUT2D eigenvalue weighted by Crippen LogP contribution is 2.39. The topological polar surface area (TPSA) is 554 Å². The smallest absolute Gasteiger partial charge is 0.187 e. The van der Waals surface area contributed by atoms with Gasteiger partial charge >= 0.3 is 0 Å². The highest BCUT2D eigenvalue weighted by atomic mass is 16.8. The second-order valence-electron chi connectivity index (χ2n) is 19.7. The highest BCUT2D eigenvalue weighted by molar-refractivity contribution is 5.01. The normalized spacial score (nSPS) is 55.4. The van der Waals surface area contributed by atoms with Crippen molar-refractivity contribution in [3.05, 3.63) is 0 Å². The van der Waals surface area contributed by atoms with Gasteiger partial charge in [0.2, 0.25) is 0 Å². The third kappa shape index (κ3) is 12.1. The maximum absolute atomic E-state index is 11.3. The van der Waals surface area contributed by atoms with Crippen LogP contribution in [0.5, 0.6) is 0 Å². The van der Waals surface area contributed by atoms with Crippen LogP contribution >= 0.6 is 0 Å². The van der Waals surface area contributed by atoms with Crippen LogP contribution in [-0.2, 0) is 66.3 Å². The minimum atomic E-state index is -2.21. The van der Waals surface area contributed by atoms with E-state index >= 15 is 0 Å². The molecule has 0 spiro atoms. The Hall–Kier alpha value is -1.40. The summed E-state index contributed by atoms with van der Waals surface area (Å²) >= 11 is 0. The average Bonchev–Trinajstić information content (AvgIpc) is 3.45. The monoisotopic (exact) mass is 1130 g/mol. The van der Waals surface area contributed by atoms with E-state index in [1.807, 2.05) is 0 Å². The first-order valence-corrected chi connectivity index (χ1v) is 24.6. The van der Waals surface area contributed by atoms with E-state index in [-0.39, 0.29) is 0 Å². The zero-order valence-electron chi connectivity index (χ0n) is 40.3. The third-order valence-electron chi connectivity index (χ3n) is 14.8. The van der Waals surface area contributed by atoms with E-state index in [2.05, 4.69) is 0 Å². The molecule has 0 aliphatic carbocycles. The number of rotatable bonds is 7. The molecule has 0 radical (unpaired) electrons. The Bertz CT molecular complexity index is 1470. The van der Waals surface area contributed by atoms with E-state index in [0.29, 0.717) is 0 Å². The zero-order valence-corrected chi connectivity index (χ0v) is 40.3. The van der Waals surface area contributed by atoms with Gasteiger partial charge in [0.15, 0.2) is 44.0 Å². The minimum Gasteiger partial charge on any atom is -0.394 e. The van der Waals surface area contributed by atoms with Crippen LogP contribution < -0.4 is 0 Å². The molecule has 448 valence electrons. The third-order valence-corrected chi connectivity index (χ3v) is 14.8. The minimum absolute atomic E-state index is 1.05. The first-order valence-electron chi connectivity index (χ1n) is 24.6. The van der Waals surface area contributed by atoms with Crippen molar-refractivity contribution in [2.24, 2.45) is 0 Å². The van der Waals surface area contributed by atoms with Crippen molar-refractivity contribution < 1.29 is 174 Å². The quantitative estimate of drug-likeness (QED) is 0.113. The van der Waals surface area contributed by atoms with Crippen LogP contribution in [0.3, 0.4) is 0 Å². The van der Waals surface area contributed by atoms with Crippen molar-refractivity contribution in [2.75, 3.05) is 46.2 Å². The lowest BCUT2D eigenvalue weighted by molar-refractivity contribution is -0.396. The lowest BCUT2D eigenvalue weighted by Gasteiger charge is -2.50. The standard InChI is InChI=1S/C42H70O35/c43-1-8-29-15(50)22(57)36(64-8)72-30-9(2-44)66-38(24(59)17(30)52)74-32-11(4-46)68-40(26(61)19(32)54)76-34-13(6-48)70-42(28(63)21(34)56)77-35-14(7-49)69-41(27(62)20(35)55)75-33-12(5-47)67-39(25(60)18(33)53)73-31-10(3-45)65-37(71-29)23(58)16(31)51/h8-63H,1-7H2/t8-,9-,10-,11-,12-,13-,14-,15-,16-,17-,18-,19+,20+,21+,22-,23-,24-,25-,26+,27+,28+,29-,30-,31-,32-,33-,34-,35-,36-,37-,38-,39-,40-,41-,42-/m1/s1. The number of aliphatic hydroxyl groups is 21. The van der Waals surface area contributed by atoms with E-state index in [1.165, 1.54) is 0 Å². The lowest BCUT2D eigenvalue weighted by Crippen LogP contribution is -2.68. The molecule has 21 fully saturated rings. The summed E-state index contributed by atoms with van der Waals surface area (Å²) in [7, 11) is 0. The Morgan fingerprint density at radius 2 is 0.260 bits per heavy atom. The van der Waals surface area contributed by atoms with Gasteiger partial charge in [-0.2, -0.15) is 0 Å². The molecule has 21 aliphatic rings. The maximum atomic E-state index is 11.3. The van der Waals surface area contributed by atoms with E-state index in [1.54, 1.807) is 0 Å². The molecule has 77 heavy (non-hydrogen) atoms. The fourth-order valence-corrected chi connectivity index (χ4v) is 10.4. The molecule has 0 saturated carbocycles. The van der Waals surface area contributed by atoms with Crippen LogP contribution in [0.15, 0.2) is 0 Å². The van der Waals surface area contributed by atoms with E-state index in [4.69, 9.17) is 66.3 Å².